The van der Waals surface area contributed by atoms with Crippen LogP contribution in [0.25, 0.3) is 5.69 Å². The van der Waals surface area contributed by atoms with E-state index in [2.05, 4.69) is 5.10 Å². The molecule has 21 heavy (non-hydrogen) atoms. The highest BCUT2D eigenvalue weighted by molar-refractivity contribution is 5.82. The maximum absolute atomic E-state index is 12.8. The molecule has 1 aromatic carbocycles. The lowest BCUT2D eigenvalue weighted by Gasteiger charge is -2.13. The lowest BCUT2D eigenvalue weighted by atomic mass is 10.3. The number of carbonyl (C=O) groups is 2. The first-order valence-electron chi connectivity index (χ1n) is 6.22. The van der Waals surface area contributed by atoms with Crippen molar-refractivity contribution in [2.45, 2.75) is 6.42 Å². The molecule has 2 aromatic rings. The Balaban J connectivity index is 2.05. The lowest BCUT2D eigenvalue weighted by molar-refractivity contribution is -0.143. The van der Waals surface area contributed by atoms with Crippen LogP contribution >= 0.6 is 0 Å². The molecule has 0 saturated carbocycles. The van der Waals surface area contributed by atoms with Gasteiger partial charge in [0.15, 0.2) is 0 Å². The van der Waals surface area contributed by atoms with Gasteiger partial charge in [-0.3, -0.25) is 9.59 Å². The van der Waals surface area contributed by atoms with Gasteiger partial charge in [-0.2, -0.15) is 5.10 Å². The third-order valence-corrected chi connectivity index (χ3v) is 2.87. The van der Waals surface area contributed by atoms with Crippen molar-refractivity contribution in [2.24, 2.45) is 0 Å². The third-order valence-electron chi connectivity index (χ3n) is 2.87. The third kappa shape index (κ3) is 3.88. The summed E-state index contributed by atoms with van der Waals surface area (Å²) in [6.07, 6.45) is 1.67. The number of carbonyl (C=O) groups excluding carboxylic acids is 1. The van der Waals surface area contributed by atoms with E-state index in [1.54, 1.807) is 24.4 Å². The molecule has 0 aliphatic carbocycles. The molecule has 0 aliphatic heterocycles. The van der Waals surface area contributed by atoms with Gasteiger partial charge in [-0.25, -0.2) is 9.07 Å². The van der Waals surface area contributed by atoms with Crippen LogP contribution in [-0.4, -0.2) is 45.3 Å². The molecule has 110 valence electrons. The van der Waals surface area contributed by atoms with Gasteiger partial charge < -0.3 is 10.0 Å². The number of carboxylic acids is 1. The number of nitrogens with zero attached hydrogens (tertiary/aromatic N) is 3. The van der Waals surface area contributed by atoms with Crippen molar-refractivity contribution >= 4 is 11.9 Å². The van der Waals surface area contributed by atoms with Gasteiger partial charge in [-0.05, 0) is 30.3 Å². The Bertz CT molecular complexity index is 652. The standard InChI is InChI=1S/C14H14FN3O3/c1-17(9-14(20)21)13(19)8-11-6-7-18(16-11)12-4-2-10(15)3-5-12/h2-7H,8-9H2,1H3,(H,20,21). The van der Waals surface area contributed by atoms with Crippen molar-refractivity contribution in [3.8, 4) is 5.69 Å². The summed E-state index contributed by atoms with van der Waals surface area (Å²) in [7, 11) is 1.42. The van der Waals surface area contributed by atoms with Crippen molar-refractivity contribution in [1.29, 1.82) is 0 Å². The van der Waals surface area contributed by atoms with E-state index in [1.807, 2.05) is 0 Å². The largest absolute Gasteiger partial charge is 0.480 e. The molecule has 1 amide bonds. The summed E-state index contributed by atoms with van der Waals surface area (Å²) in [5.41, 5.74) is 1.19. The number of benzene rings is 1. The van der Waals surface area contributed by atoms with Crippen LogP contribution in [0, 0.1) is 5.82 Å². The predicted octanol–water partition coefficient (Wildman–Crippen LogP) is 1.10. The Morgan fingerprint density at radius 2 is 1.95 bits per heavy atom. The van der Waals surface area contributed by atoms with Gasteiger partial charge in [0.2, 0.25) is 5.91 Å². The number of aliphatic carboxylic acids is 1. The van der Waals surface area contributed by atoms with Gasteiger partial charge in [0.25, 0.3) is 0 Å². The fourth-order valence-electron chi connectivity index (χ4n) is 1.77. The molecule has 0 radical (unpaired) electrons. The second-order valence-electron chi connectivity index (χ2n) is 4.55. The van der Waals surface area contributed by atoms with Crippen molar-refractivity contribution < 1.29 is 19.1 Å². The van der Waals surface area contributed by atoms with E-state index in [1.165, 1.54) is 23.9 Å². The molecule has 0 unspecified atom stereocenters. The van der Waals surface area contributed by atoms with Crippen LogP contribution in [-0.2, 0) is 16.0 Å². The minimum absolute atomic E-state index is 0.0119. The molecule has 1 heterocycles. The van der Waals surface area contributed by atoms with Gasteiger partial charge in [-0.15, -0.1) is 0 Å². The zero-order chi connectivity index (χ0) is 15.4. The highest BCUT2D eigenvalue weighted by Crippen LogP contribution is 2.09. The second-order valence-corrected chi connectivity index (χ2v) is 4.55. The van der Waals surface area contributed by atoms with Gasteiger partial charge >= 0.3 is 5.97 Å². The first-order chi connectivity index (χ1) is 9.95. The van der Waals surface area contributed by atoms with Crippen molar-refractivity contribution in [1.82, 2.24) is 14.7 Å². The number of rotatable bonds is 5. The molecule has 0 spiro atoms. The first kappa shape index (κ1) is 14.7. The zero-order valence-corrected chi connectivity index (χ0v) is 11.4. The molecule has 0 aliphatic rings. The van der Waals surface area contributed by atoms with E-state index >= 15 is 0 Å². The summed E-state index contributed by atoms with van der Waals surface area (Å²) in [4.78, 5) is 23.5. The molecule has 1 N–H and O–H groups in total. The zero-order valence-electron chi connectivity index (χ0n) is 11.4. The number of hydrogen-bond donors (Lipinski definition) is 1. The molecule has 0 bridgehead atoms. The number of likely N-dealkylation sites (N-methyl/N-ethyl adjacent to an activating group) is 1. The molecular formula is C14H14FN3O3. The minimum atomic E-state index is -1.07. The highest BCUT2D eigenvalue weighted by atomic mass is 19.1. The summed E-state index contributed by atoms with van der Waals surface area (Å²) in [5, 5.41) is 12.8. The Morgan fingerprint density at radius 3 is 2.57 bits per heavy atom. The Morgan fingerprint density at radius 1 is 1.29 bits per heavy atom. The predicted molar refractivity (Wildman–Crippen MR) is 72.5 cm³/mol. The Hall–Kier alpha value is -2.70. The smallest absolute Gasteiger partial charge is 0.323 e. The number of halogens is 1. The molecule has 7 heteroatoms. The molecule has 1 aromatic heterocycles. The SMILES string of the molecule is CN(CC(=O)O)C(=O)Cc1ccn(-c2ccc(F)cc2)n1. The molecule has 0 fully saturated rings. The fourth-order valence-corrected chi connectivity index (χ4v) is 1.77. The Labute approximate surface area is 120 Å². The Kier molecular flexibility index (Phi) is 4.32. The first-order valence-corrected chi connectivity index (χ1v) is 6.22. The van der Waals surface area contributed by atoms with Crippen LogP contribution in [0.3, 0.4) is 0 Å². The molecular weight excluding hydrogens is 277 g/mol. The minimum Gasteiger partial charge on any atom is -0.480 e. The second kappa shape index (κ2) is 6.17. The van der Waals surface area contributed by atoms with Crippen molar-refractivity contribution in [3.63, 3.8) is 0 Å². The summed E-state index contributed by atoms with van der Waals surface area (Å²) >= 11 is 0. The van der Waals surface area contributed by atoms with Crippen molar-refractivity contribution in [3.05, 3.63) is 48.0 Å². The number of amides is 1. The van der Waals surface area contributed by atoms with Crippen LogP contribution in [0.1, 0.15) is 5.69 Å². The topological polar surface area (TPSA) is 75.4 Å². The van der Waals surface area contributed by atoms with E-state index in [9.17, 15) is 14.0 Å². The molecule has 0 atom stereocenters. The van der Waals surface area contributed by atoms with Crippen LogP contribution in [0.2, 0.25) is 0 Å². The summed E-state index contributed by atoms with van der Waals surface area (Å²) in [6.45, 7) is -0.350. The lowest BCUT2D eigenvalue weighted by Crippen LogP contribution is -2.33. The van der Waals surface area contributed by atoms with Crippen LogP contribution in [0.15, 0.2) is 36.5 Å². The van der Waals surface area contributed by atoms with E-state index < -0.39 is 5.97 Å². The van der Waals surface area contributed by atoms with Crippen molar-refractivity contribution in [2.75, 3.05) is 13.6 Å². The fraction of sp³-hybridized carbons (Fsp3) is 0.214. The van der Waals surface area contributed by atoms with Crippen LogP contribution < -0.4 is 0 Å². The van der Waals surface area contributed by atoms with Gasteiger partial charge in [0, 0.05) is 13.2 Å². The quantitative estimate of drug-likeness (QED) is 0.895. The summed E-state index contributed by atoms with van der Waals surface area (Å²) in [5.74, 6) is -1.74. The van der Waals surface area contributed by atoms with Crippen LogP contribution in [0.4, 0.5) is 4.39 Å². The van der Waals surface area contributed by atoms with E-state index in [4.69, 9.17) is 5.11 Å². The van der Waals surface area contributed by atoms with E-state index in [-0.39, 0.29) is 24.7 Å². The normalized spacial score (nSPS) is 10.4. The van der Waals surface area contributed by atoms with Crippen LogP contribution in [0.5, 0.6) is 0 Å². The maximum atomic E-state index is 12.8. The van der Waals surface area contributed by atoms with Gasteiger partial charge in [0.05, 0.1) is 17.8 Å². The summed E-state index contributed by atoms with van der Waals surface area (Å²) in [6, 6.07) is 7.45. The number of hydrogen-bond acceptors (Lipinski definition) is 3. The average Bonchev–Trinajstić information content (AvgIpc) is 2.87. The van der Waals surface area contributed by atoms with E-state index in [0.29, 0.717) is 11.4 Å². The monoisotopic (exact) mass is 291 g/mol. The highest BCUT2D eigenvalue weighted by Gasteiger charge is 2.14. The van der Waals surface area contributed by atoms with Gasteiger partial charge in [0.1, 0.15) is 12.4 Å². The average molecular weight is 291 g/mol. The molecule has 0 saturated heterocycles. The maximum Gasteiger partial charge on any atom is 0.323 e. The van der Waals surface area contributed by atoms with Gasteiger partial charge in [-0.1, -0.05) is 0 Å². The van der Waals surface area contributed by atoms with E-state index in [0.717, 1.165) is 4.90 Å². The molecule has 2 rings (SSSR count). The summed E-state index contributed by atoms with van der Waals surface area (Å²) < 4.78 is 14.4. The molecule has 6 nitrogen and oxygen atoms in total. The number of carboxylic acid groups (broad SMARTS) is 1. The number of aromatic nitrogens is 2.